The average molecular weight is 667 g/mol. The molecule has 2 nitrogen and oxygen atoms in total. The molecule has 0 saturated heterocycles. The fourth-order valence-electron chi connectivity index (χ4n) is 8.20. The molecule has 1 aliphatic rings. The lowest BCUT2D eigenvalue weighted by Gasteiger charge is -2.20. The number of nitrogens with zero attached hydrogens (tertiary/aromatic N) is 2. The second-order valence-corrected chi connectivity index (χ2v) is 14.4. The van der Waals surface area contributed by atoms with Crippen molar-refractivity contribution in [2.24, 2.45) is 0 Å². The number of hydrogen-bond acceptors (Lipinski definition) is 1. The van der Waals surface area contributed by atoms with Gasteiger partial charge in [0.05, 0.1) is 27.8 Å². The minimum absolute atomic E-state index is 1.15. The highest BCUT2D eigenvalue weighted by atomic mass is 32.2. The molecule has 0 aliphatic carbocycles. The van der Waals surface area contributed by atoms with E-state index in [4.69, 9.17) is 0 Å². The van der Waals surface area contributed by atoms with Crippen LogP contribution in [0.25, 0.3) is 88.4 Å². The van der Waals surface area contributed by atoms with Crippen LogP contribution in [0.4, 0.5) is 0 Å². The molecule has 3 heteroatoms. The Balaban J connectivity index is 1.10. The Labute approximate surface area is 299 Å². The Morgan fingerprint density at radius 1 is 0.333 bits per heavy atom. The van der Waals surface area contributed by atoms with Crippen LogP contribution in [-0.4, -0.2) is 9.13 Å². The third-order valence-corrected chi connectivity index (χ3v) is 11.6. The van der Waals surface area contributed by atoms with Gasteiger partial charge in [-0.25, -0.2) is 0 Å². The molecule has 3 heterocycles. The van der Waals surface area contributed by atoms with Crippen LogP contribution in [0.1, 0.15) is 0 Å². The van der Waals surface area contributed by atoms with Crippen LogP contribution in [0.15, 0.2) is 192 Å². The number of rotatable bonds is 4. The fraction of sp³-hybridized carbons (Fsp3) is 0. The third-order valence-electron chi connectivity index (χ3n) is 10.5. The molecule has 0 amide bonds. The molecule has 0 saturated carbocycles. The van der Waals surface area contributed by atoms with E-state index >= 15 is 0 Å². The van der Waals surface area contributed by atoms with E-state index in [9.17, 15) is 0 Å². The van der Waals surface area contributed by atoms with Crippen molar-refractivity contribution in [3.8, 4) is 44.8 Å². The van der Waals surface area contributed by atoms with E-state index in [1.165, 1.54) is 92.5 Å². The van der Waals surface area contributed by atoms with Crippen molar-refractivity contribution in [3.05, 3.63) is 182 Å². The molecule has 0 N–H and O–H groups in total. The van der Waals surface area contributed by atoms with E-state index < -0.39 is 0 Å². The van der Waals surface area contributed by atoms with E-state index in [1.54, 1.807) is 0 Å². The van der Waals surface area contributed by atoms with E-state index in [2.05, 4.69) is 191 Å². The predicted molar refractivity (Wildman–Crippen MR) is 216 cm³/mol. The summed E-state index contributed by atoms with van der Waals surface area (Å²) in [6.07, 6.45) is 0. The molecule has 0 unspecified atom stereocenters. The molecule has 2 aromatic heterocycles. The number of hydrogen-bond donors (Lipinski definition) is 0. The van der Waals surface area contributed by atoms with Crippen molar-refractivity contribution in [1.82, 2.24) is 9.13 Å². The van der Waals surface area contributed by atoms with Gasteiger partial charge in [-0.05, 0) is 82.4 Å². The monoisotopic (exact) mass is 666 g/mol. The molecule has 0 atom stereocenters. The Morgan fingerprint density at radius 2 is 0.882 bits per heavy atom. The molecular formula is C48H30N2S. The van der Waals surface area contributed by atoms with Gasteiger partial charge in [-0.3, -0.25) is 0 Å². The van der Waals surface area contributed by atoms with Gasteiger partial charge in [0.2, 0.25) is 0 Å². The van der Waals surface area contributed by atoms with Gasteiger partial charge in [0.1, 0.15) is 0 Å². The lowest BCUT2D eigenvalue weighted by atomic mass is 10.0. The zero-order chi connectivity index (χ0) is 33.5. The predicted octanol–water partition coefficient (Wildman–Crippen LogP) is 13.3. The van der Waals surface area contributed by atoms with Gasteiger partial charge in [-0.1, -0.05) is 139 Å². The highest BCUT2D eigenvalue weighted by Gasteiger charge is 2.24. The first-order valence-electron chi connectivity index (χ1n) is 17.4. The maximum Gasteiger partial charge on any atom is 0.0681 e. The fourth-order valence-corrected chi connectivity index (χ4v) is 9.29. The summed E-state index contributed by atoms with van der Waals surface area (Å²) in [6, 6.07) is 66.6. The Bertz CT molecular complexity index is 2870. The SMILES string of the molecule is c1ccc(-c2ccc3c(c2)c2cc(-c4ccccc4)ccc2n3-c2ccc(-c3cccc4c5cccc6c5n(c34)-c3ccccc3S6)cc2)cc1. The lowest BCUT2D eigenvalue weighted by Crippen LogP contribution is -2.02. The van der Waals surface area contributed by atoms with Crippen molar-refractivity contribution in [1.29, 1.82) is 0 Å². The van der Waals surface area contributed by atoms with Crippen molar-refractivity contribution in [2.75, 3.05) is 0 Å². The first kappa shape index (κ1) is 28.5. The molecule has 0 bridgehead atoms. The number of para-hydroxylation sites is 3. The van der Waals surface area contributed by atoms with E-state index in [-0.39, 0.29) is 0 Å². The number of fused-ring (bicyclic) bond motifs is 8. The van der Waals surface area contributed by atoms with E-state index in [0.29, 0.717) is 0 Å². The summed E-state index contributed by atoms with van der Waals surface area (Å²) in [7, 11) is 0. The number of benzene rings is 8. The Kier molecular flexibility index (Phi) is 6.22. The maximum atomic E-state index is 2.50. The van der Waals surface area contributed by atoms with Crippen molar-refractivity contribution >= 4 is 55.4 Å². The summed E-state index contributed by atoms with van der Waals surface area (Å²) in [5, 5.41) is 5.10. The standard InChI is InChI=1S/C48H30N2S/c1-3-11-31(12-4-1)34-23-27-42-40(29-34)41-30-35(32-13-5-2-6-14-32)24-28-43(41)49(42)36-25-21-33(22-26-36)37-15-9-16-38-39-17-10-20-46-48(39)50(47(37)38)44-18-7-8-19-45(44)51-46/h1-30H. The van der Waals surface area contributed by atoms with Crippen molar-refractivity contribution in [2.45, 2.75) is 9.79 Å². The molecule has 10 aromatic rings. The topological polar surface area (TPSA) is 9.86 Å². The van der Waals surface area contributed by atoms with Gasteiger partial charge in [0.25, 0.3) is 0 Å². The third kappa shape index (κ3) is 4.32. The molecule has 0 spiro atoms. The number of aromatic nitrogens is 2. The molecular weight excluding hydrogens is 637 g/mol. The van der Waals surface area contributed by atoms with Crippen LogP contribution in [0.5, 0.6) is 0 Å². The van der Waals surface area contributed by atoms with Crippen molar-refractivity contribution in [3.63, 3.8) is 0 Å². The zero-order valence-corrected chi connectivity index (χ0v) is 28.4. The molecule has 51 heavy (non-hydrogen) atoms. The Hall–Kier alpha value is -6.29. The summed E-state index contributed by atoms with van der Waals surface area (Å²) < 4.78 is 4.92. The smallest absolute Gasteiger partial charge is 0.0681 e. The summed E-state index contributed by atoms with van der Waals surface area (Å²) in [6.45, 7) is 0. The lowest BCUT2D eigenvalue weighted by molar-refractivity contribution is 1.09. The average Bonchev–Trinajstić information content (AvgIpc) is 3.72. The molecule has 238 valence electrons. The van der Waals surface area contributed by atoms with Gasteiger partial charge in [-0.2, -0.15) is 0 Å². The van der Waals surface area contributed by atoms with Crippen LogP contribution < -0.4 is 0 Å². The quantitative estimate of drug-likeness (QED) is 0.182. The minimum atomic E-state index is 1.15. The van der Waals surface area contributed by atoms with Gasteiger partial charge in [0, 0.05) is 42.6 Å². The highest BCUT2D eigenvalue weighted by molar-refractivity contribution is 7.99. The zero-order valence-electron chi connectivity index (χ0n) is 27.6. The summed E-state index contributed by atoms with van der Waals surface area (Å²) in [4.78, 5) is 2.60. The maximum absolute atomic E-state index is 2.50. The van der Waals surface area contributed by atoms with Gasteiger partial charge in [0.15, 0.2) is 0 Å². The first-order valence-corrected chi connectivity index (χ1v) is 18.3. The van der Waals surface area contributed by atoms with Crippen LogP contribution in [0.3, 0.4) is 0 Å². The second-order valence-electron chi connectivity index (χ2n) is 13.3. The largest absolute Gasteiger partial charge is 0.309 e. The van der Waals surface area contributed by atoms with Crippen LogP contribution in [0, 0.1) is 0 Å². The summed E-state index contributed by atoms with van der Waals surface area (Å²) in [5.74, 6) is 0. The van der Waals surface area contributed by atoms with Crippen LogP contribution >= 0.6 is 11.8 Å². The van der Waals surface area contributed by atoms with E-state index in [1.807, 2.05) is 11.8 Å². The molecule has 8 aromatic carbocycles. The van der Waals surface area contributed by atoms with Crippen molar-refractivity contribution < 1.29 is 0 Å². The van der Waals surface area contributed by atoms with Gasteiger partial charge in [-0.15, -0.1) is 0 Å². The first-order chi connectivity index (χ1) is 25.3. The molecule has 1 aliphatic heterocycles. The van der Waals surface area contributed by atoms with Crippen LogP contribution in [0.2, 0.25) is 0 Å². The van der Waals surface area contributed by atoms with Crippen LogP contribution in [-0.2, 0) is 0 Å². The normalized spacial score (nSPS) is 12.2. The molecule has 0 fully saturated rings. The second kappa shape index (κ2) is 11.1. The highest BCUT2D eigenvalue weighted by Crippen LogP contribution is 2.48. The molecule has 11 rings (SSSR count). The van der Waals surface area contributed by atoms with E-state index in [0.717, 1.165) is 5.69 Å². The molecule has 0 radical (unpaired) electrons. The Morgan fingerprint density at radius 3 is 1.55 bits per heavy atom. The van der Waals surface area contributed by atoms with Gasteiger partial charge < -0.3 is 9.13 Å². The summed E-state index contributed by atoms with van der Waals surface area (Å²) in [5.41, 5.74) is 14.7. The summed E-state index contributed by atoms with van der Waals surface area (Å²) >= 11 is 1.87. The van der Waals surface area contributed by atoms with Gasteiger partial charge >= 0.3 is 0 Å². The minimum Gasteiger partial charge on any atom is -0.309 e.